The van der Waals surface area contributed by atoms with Gasteiger partial charge >= 0.3 is 5.97 Å². The minimum atomic E-state index is -1.12. The van der Waals surface area contributed by atoms with E-state index in [1.165, 1.54) is 19.1 Å². The Morgan fingerprint density at radius 2 is 2.18 bits per heavy atom. The predicted molar refractivity (Wildman–Crippen MR) is 60.5 cm³/mol. The minimum Gasteiger partial charge on any atom is -0.480 e. The second kappa shape index (κ2) is 5.23. The number of rotatable bonds is 4. The van der Waals surface area contributed by atoms with Crippen LogP contribution in [0, 0.1) is 11.3 Å². The summed E-state index contributed by atoms with van der Waals surface area (Å²) >= 11 is 0. The second-order valence-electron chi connectivity index (χ2n) is 3.69. The van der Waals surface area contributed by atoms with E-state index in [1.54, 1.807) is 6.07 Å². The molecule has 88 valence electrons. The molecule has 0 aliphatic rings. The highest BCUT2D eigenvalue weighted by Gasteiger charge is 2.16. The highest BCUT2D eigenvalue weighted by molar-refractivity contribution is 5.96. The van der Waals surface area contributed by atoms with Crippen molar-refractivity contribution in [2.75, 3.05) is 0 Å². The zero-order chi connectivity index (χ0) is 13.0. The number of carboxylic acids is 1. The molecular weight excluding hydrogens is 220 g/mol. The zero-order valence-electron chi connectivity index (χ0n) is 9.30. The SMILES string of the molecule is CC(=O)c1cc(C#N)ccc1CC(N)C(=O)O. The average molecular weight is 232 g/mol. The molecule has 0 fully saturated rings. The Labute approximate surface area is 98.5 Å². The van der Waals surface area contributed by atoms with E-state index >= 15 is 0 Å². The van der Waals surface area contributed by atoms with Gasteiger partial charge in [-0.2, -0.15) is 5.26 Å². The Morgan fingerprint density at radius 1 is 1.53 bits per heavy atom. The Hall–Kier alpha value is -2.19. The van der Waals surface area contributed by atoms with Crippen LogP contribution < -0.4 is 5.73 Å². The van der Waals surface area contributed by atoms with Crippen LogP contribution in [0.25, 0.3) is 0 Å². The van der Waals surface area contributed by atoms with Crippen molar-refractivity contribution in [3.05, 3.63) is 34.9 Å². The van der Waals surface area contributed by atoms with Crippen molar-refractivity contribution in [1.29, 1.82) is 5.26 Å². The number of carbonyl (C=O) groups excluding carboxylic acids is 1. The van der Waals surface area contributed by atoms with Crippen LogP contribution in [0.4, 0.5) is 0 Å². The molecule has 0 saturated heterocycles. The van der Waals surface area contributed by atoms with Crippen molar-refractivity contribution in [3.63, 3.8) is 0 Å². The molecule has 0 aromatic heterocycles. The van der Waals surface area contributed by atoms with Crippen LogP contribution in [0.5, 0.6) is 0 Å². The van der Waals surface area contributed by atoms with Crippen LogP contribution in [0.1, 0.15) is 28.4 Å². The lowest BCUT2D eigenvalue weighted by Crippen LogP contribution is -2.32. The zero-order valence-corrected chi connectivity index (χ0v) is 9.30. The van der Waals surface area contributed by atoms with E-state index in [4.69, 9.17) is 16.1 Å². The number of aliphatic carboxylic acids is 1. The summed E-state index contributed by atoms with van der Waals surface area (Å²) in [6.07, 6.45) is 0.0654. The average Bonchev–Trinajstić information content (AvgIpc) is 2.29. The van der Waals surface area contributed by atoms with Gasteiger partial charge in [0.05, 0.1) is 11.6 Å². The molecule has 1 aromatic rings. The molecule has 0 amide bonds. The first-order chi connectivity index (χ1) is 7.95. The van der Waals surface area contributed by atoms with Crippen molar-refractivity contribution in [2.45, 2.75) is 19.4 Å². The molecule has 0 saturated carbocycles. The maximum absolute atomic E-state index is 11.4. The number of nitrogens with zero attached hydrogens (tertiary/aromatic N) is 1. The number of carbonyl (C=O) groups is 2. The molecule has 0 bridgehead atoms. The Balaban J connectivity index is 3.12. The molecule has 1 atom stereocenters. The first kappa shape index (κ1) is 12.9. The Bertz CT molecular complexity index is 503. The molecule has 0 aliphatic carbocycles. The summed E-state index contributed by atoms with van der Waals surface area (Å²) in [5, 5.41) is 17.4. The van der Waals surface area contributed by atoms with Crippen molar-refractivity contribution >= 4 is 11.8 Å². The minimum absolute atomic E-state index is 0.0654. The van der Waals surface area contributed by atoms with Gasteiger partial charge in [0.25, 0.3) is 0 Å². The molecule has 0 heterocycles. The fourth-order valence-electron chi connectivity index (χ4n) is 1.48. The number of hydrogen-bond donors (Lipinski definition) is 2. The topological polar surface area (TPSA) is 104 Å². The highest BCUT2D eigenvalue weighted by Crippen LogP contribution is 2.14. The fraction of sp³-hybridized carbons (Fsp3) is 0.250. The lowest BCUT2D eigenvalue weighted by Gasteiger charge is -2.10. The number of benzene rings is 1. The molecule has 5 nitrogen and oxygen atoms in total. The van der Waals surface area contributed by atoms with Gasteiger partial charge in [-0.25, -0.2) is 0 Å². The Morgan fingerprint density at radius 3 is 2.65 bits per heavy atom. The van der Waals surface area contributed by atoms with Crippen LogP contribution in [0.2, 0.25) is 0 Å². The van der Waals surface area contributed by atoms with Gasteiger partial charge in [0.2, 0.25) is 0 Å². The summed E-state index contributed by atoms with van der Waals surface area (Å²) in [4.78, 5) is 22.0. The summed E-state index contributed by atoms with van der Waals surface area (Å²) in [6, 6.07) is 5.43. The monoisotopic (exact) mass is 232 g/mol. The standard InChI is InChI=1S/C12H12N2O3/c1-7(15)10-4-8(6-13)2-3-9(10)5-11(14)12(16)17/h2-4,11H,5,14H2,1H3,(H,16,17). The van der Waals surface area contributed by atoms with Crippen LogP contribution >= 0.6 is 0 Å². The molecule has 1 aromatic carbocycles. The first-order valence-corrected chi connectivity index (χ1v) is 4.98. The number of ketones is 1. The molecule has 0 aliphatic heterocycles. The van der Waals surface area contributed by atoms with E-state index in [2.05, 4.69) is 0 Å². The number of Topliss-reactive ketones (excluding diaryl/α,β-unsaturated/α-hetero) is 1. The van der Waals surface area contributed by atoms with Gasteiger partial charge in [0.1, 0.15) is 6.04 Å². The maximum Gasteiger partial charge on any atom is 0.320 e. The number of carboxylic acid groups (broad SMARTS) is 1. The van der Waals surface area contributed by atoms with Crippen molar-refractivity contribution < 1.29 is 14.7 Å². The van der Waals surface area contributed by atoms with Gasteiger partial charge in [0, 0.05) is 5.56 Å². The van der Waals surface area contributed by atoms with Crippen LogP contribution in [-0.4, -0.2) is 22.9 Å². The van der Waals surface area contributed by atoms with Gasteiger partial charge in [-0.3, -0.25) is 9.59 Å². The number of hydrogen-bond acceptors (Lipinski definition) is 4. The molecule has 5 heteroatoms. The first-order valence-electron chi connectivity index (χ1n) is 4.98. The van der Waals surface area contributed by atoms with Gasteiger partial charge in [0.15, 0.2) is 5.78 Å². The summed E-state index contributed by atoms with van der Waals surface area (Å²) < 4.78 is 0. The number of nitriles is 1. The summed E-state index contributed by atoms with van der Waals surface area (Å²) in [5.41, 5.74) is 6.67. The normalized spacial score (nSPS) is 11.6. The quantitative estimate of drug-likeness (QED) is 0.744. The molecule has 17 heavy (non-hydrogen) atoms. The molecular formula is C12H12N2O3. The van der Waals surface area contributed by atoms with Crippen molar-refractivity contribution in [2.24, 2.45) is 5.73 Å². The Kier molecular flexibility index (Phi) is 3.96. The lowest BCUT2D eigenvalue weighted by atomic mass is 9.96. The molecule has 0 radical (unpaired) electrons. The third-order valence-electron chi connectivity index (χ3n) is 2.38. The maximum atomic E-state index is 11.4. The molecule has 1 rings (SSSR count). The third kappa shape index (κ3) is 3.13. The lowest BCUT2D eigenvalue weighted by molar-refractivity contribution is -0.138. The van der Waals surface area contributed by atoms with Gasteiger partial charge in [-0.1, -0.05) is 6.07 Å². The van der Waals surface area contributed by atoms with Gasteiger partial charge in [-0.15, -0.1) is 0 Å². The van der Waals surface area contributed by atoms with Crippen LogP contribution in [0.15, 0.2) is 18.2 Å². The second-order valence-corrected chi connectivity index (χ2v) is 3.69. The largest absolute Gasteiger partial charge is 0.480 e. The van der Waals surface area contributed by atoms with Gasteiger partial charge < -0.3 is 10.8 Å². The van der Waals surface area contributed by atoms with Crippen molar-refractivity contribution in [3.8, 4) is 6.07 Å². The van der Waals surface area contributed by atoms with E-state index in [0.717, 1.165) is 0 Å². The summed E-state index contributed by atoms with van der Waals surface area (Å²) in [6.45, 7) is 1.37. The molecule has 3 N–H and O–H groups in total. The third-order valence-corrected chi connectivity index (χ3v) is 2.38. The van der Waals surface area contributed by atoms with E-state index in [0.29, 0.717) is 16.7 Å². The van der Waals surface area contributed by atoms with Crippen LogP contribution in [0.3, 0.4) is 0 Å². The smallest absolute Gasteiger partial charge is 0.320 e. The summed E-state index contributed by atoms with van der Waals surface area (Å²) in [5.74, 6) is -1.33. The van der Waals surface area contributed by atoms with E-state index < -0.39 is 12.0 Å². The van der Waals surface area contributed by atoms with Crippen molar-refractivity contribution in [1.82, 2.24) is 0 Å². The van der Waals surface area contributed by atoms with Crippen LogP contribution in [-0.2, 0) is 11.2 Å². The number of nitrogens with two attached hydrogens (primary N) is 1. The molecule has 1 unspecified atom stereocenters. The fourth-order valence-corrected chi connectivity index (χ4v) is 1.48. The predicted octanol–water partition coefficient (Wildman–Crippen LogP) is 0.715. The van der Waals surface area contributed by atoms with E-state index in [-0.39, 0.29) is 12.2 Å². The highest BCUT2D eigenvalue weighted by atomic mass is 16.4. The summed E-state index contributed by atoms with van der Waals surface area (Å²) in [7, 11) is 0. The van der Waals surface area contributed by atoms with Gasteiger partial charge in [-0.05, 0) is 31.0 Å². The van der Waals surface area contributed by atoms with E-state index in [1.807, 2.05) is 6.07 Å². The molecule has 0 spiro atoms. The van der Waals surface area contributed by atoms with E-state index in [9.17, 15) is 9.59 Å².